The van der Waals surface area contributed by atoms with E-state index in [4.69, 9.17) is 11.6 Å². The molecule has 6 heteroatoms. The highest BCUT2D eigenvalue weighted by molar-refractivity contribution is 9.10. The molecule has 70 valence electrons. The number of nitrogens with zero attached hydrogens (tertiary/aromatic N) is 1. The lowest BCUT2D eigenvalue weighted by molar-refractivity contribution is 0.106. The predicted molar refractivity (Wildman–Crippen MR) is 47.1 cm³/mol. The Labute approximate surface area is 86.0 Å². The van der Waals surface area contributed by atoms with Crippen LogP contribution in [0, 0.1) is 0 Å². The maximum absolute atomic E-state index is 12.3. The van der Waals surface area contributed by atoms with E-state index in [9.17, 15) is 13.6 Å². The van der Waals surface area contributed by atoms with Crippen molar-refractivity contribution >= 4 is 32.8 Å². The van der Waals surface area contributed by atoms with E-state index in [1.54, 1.807) is 0 Å². The van der Waals surface area contributed by atoms with Gasteiger partial charge in [-0.05, 0) is 33.6 Å². The fourth-order valence-electron chi connectivity index (χ4n) is 0.785. The largest absolute Gasteiger partial charge is 0.276 e. The van der Waals surface area contributed by atoms with E-state index in [0.717, 1.165) is 12.3 Å². The Morgan fingerprint density at radius 3 is 2.69 bits per heavy atom. The molecule has 0 N–H and O–H groups in total. The van der Waals surface area contributed by atoms with Gasteiger partial charge in [0.15, 0.2) is 0 Å². The Balaban J connectivity index is 3.27. The SMILES string of the molecule is O=C(Cl)c1cc(Br)ncc1C(F)F. The maximum atomic E-state index is 12.3. The lowest BCUT2D eigenvalue weighted by atomic mass is 10.2. The van der Waals surface area contributed by atoms with Crippen LogP contribution in [-0.2, 0) is 0 Å². The van der Waals surface area contributed by atoms with Crippen LogP contribution in [0.4, 0.5) is 8.78 Å². The van der Waals surface area contributed by atoms with E-state index in [1.807, 2.05) is 0 Å². The van der Waals surface area contributed by atoms with Gasteiger partial charge in [0.05, 0.1) is 0 Å². The van der Waals surface area contributed by atoms with E-state index in [2.05, 4.69) is 20.9 Å². The fourth-order valence-corrected chi connectivity index (χ4v) is 1.28. The topological polar surface area (TPSA) is 30.0 Å². The highest BCUT2D eigenvalue weighted by atomic mass is 79.9. The Hall–Kier alpha value is -0.550. The number of carbonyl (C=O) groups is 1. The molecule has 0 aliphatic heterocycles. The van der Waals surface area contributed by atoms with Crippen LogP contribution in [0.5, 0.6) is 0 Å². The quantitative estimate of drug-likeness (QED) is 0.610. The van der Waals surface area contributed by atoms with Gasteiger partial charge in [-0.2, -0.15) is 0 Å². The Morgan fingerprint density at radius 2 is 2.23 bits per heavy atom. The molecule has 0 saturated heterocycles. The van der Waals surface area contributed by atoms with Gasteiger partial charge in [-0.3, -0.25) is 4.79 Å². The number of halogens is 4. The summed E-state index contributed by atoms with van der Waals surface area (Å²) < 4.78 is 24.8. The molecule has 1 heterocycles. The van der Waals surface area contributed by atoms with E-state index < -0.39 is 17.2 Å². The molecular weight excluding hydrogens is 267 g/mol. The van der Waals surface area contributed by atoms with E-state index in [1.165, 1.54) is 0 Å². The predicted octanol–water partition coefficient (Wildman–Crippen LogP) is 3.16. The number of aromatic nitrogens is 1. The number of alkyl halides is 2. The molecule has 0 bridgehead atoms. The minimum absolute atomic E-state index is 0.224. The van der Waals surface area contributed by atoms with Gasteiger partial charge >= 0.3 is 0 Å². The molecule has 0 radical (unpaired) electrons. The van der Waals surface area contributed by atoms with Crippen LogP contribution in [0.3, 0.4) is 0 Å². The van der Waals surface area contributed by atoms with Crippen molar-refractivity contribution in [1.29, 1.82) is 0 Å². The number of carbonyl (C=O) groups excluding carboxylic acids is 1. The first-order valence-electron chi connectivity index (χ1n) is 3.16. The summed E-state index contributed by atoms with van der Waals surface area (Å²) in [5, 5.41) is -0.918. The highest BCUT2D eigenvalue weighted by Gasteiger charge is 2.17. The summed E-state index contributed by atoms with van der Waals surface area (Å²) in [7, 11) is 0. The van der Waals surface area contributed by atoms with Crippen molar-refractivity contribution in [3.8, 4) is 0 Å². The maximum Gasteiger partial charge on any atom is 0.266 e. The third-order valence-corrected chi connectivity index (χ3v) is 1.99. The van der Waals surface area contributed by atoms with Gasteiger partial charge in [-0.1, -0.05) is 0 Å². The van der Waals surface area contributed by atoms with Crippen molar-refractivity contribution < 1.29 is 13.6 Å². The molecule has 1 rings (SSSR count). The minimum Gasteiger partial charge on any atom is -0.276 e. The number of rotatable bonds is 2. The molecule has 1 aromatic rings. The summed E-state index contributed by atoms with van der Waals surface area (Å²) in [4.78, 5) is 14.3. The van der Waals surface area contributed by atoms with Crippen molar-refractivity contribution in [3.63, 3.8) is 0 Å². The Morgan fingerprint density at radius 1 is 1.62 bits per heavy atom. The Bertz CT molecular complexity index is 345. The molecular formula is C7H3BrClF2NO. The van der Waals surface area contributed by atoms with Crippen LogP contribution in [0.2, 0.25) is 0 Å². The molecule has 0 atom stereocenters. The number of hydrogen-bond donors (Lipinski definition) is 0. The van der Waals surface area contributed by atoms with E-state index in [0.29, 0.717) is 4.60 Å². The monoisotopic (exact) mass is 269 g/mol. The Kier molecular flexibility index (Phi) is 3.33. The third-order valence-electron chi connectivity index (χ3n) is 1.35. The number of pyridine rings is 1. The summed E-state index contributed by atoms with van der Waals surface area (Å²) in [5.74, 6) is 0. The molecule has 0 aliphatic carbocycles. The van der Waals surface area contributed by atoms with Gasteiger partial charge < -0.3 is 0 Å². The van der Waals surface area contributed by atoms with Crippen LogP contribution < -0.4 is 0 Å². The van der Waals surface area contributed by atoms with Crippen LogP contribution in [0.15, 0.2) is 16.9 Å². The zero-order valence-electron chi connectivity index (χ0n) is 6.10. The molecule has 1 aromatic heterocycles. The van der Waals surface area contributed by atoms with Crippen LogP contribution >= 0.6 is 27.5 Å². The van der Waals surface area contributed by atoms with Gasteiger partial charge in [-0.25, -0.2) is 13.8 Å². The van der Waals surface area contributed by atoms with Crippen molar-refractivity contribution in [2.45, 2.75) is 6.43 Å². The fraction of sp³-hybridized carbons (Fsp3) is 0.143. The van der Waals surface area contributed by atoms with Gasteiger partial charge in [0.2, 0.25) is 0 Å². The van der Waals surface area contributed by atoms with Gasteiger partial charge in [0.1, 0.15) is 4.60 Å². The smallest absolute Gasteiger partial charge is 0.266 e. The summed E-state index contributed by atoms with van der Waals surface area (Å²) in [6.07, 6.45) is -1.83. The van der Waals surface area contributed by atoms with E-state index >= 15 is 0 Å². The summed E-state index contributed by atoms with van der Waals surface area (Å²) >= 11 is 8.05. The zero-order chi connectivity index (χ0) is 10.0. The first-order valence-corrected chi connectivity index (χ1v) is 4.33. The van der Waals surface area contributed by atoms with Crippen molar-refractivity contribution in [2.75, 3.05) is 0 Å². The standard InChI is InChI=1S/C7H3BrClF2NO/c8-5-1-3(6(9)13)4(2-12-5)7(10)11/h1-2,7H. The molecule has 0 amide bonds. The van der Waals surface area contributed by atoms with E-state index in [-0.39, 0.29) is 5.56 Å². The van der Waals surface area contributed by atoms with Gasteiger partial charge in [0, 0.05) is 17.3 Å². The van der Waals surface area contributed by atoms with Gasteiger partial charge in [0.25, 0.3) is 11.7 Å². The molecule has 0 unspecified atom stereocenters. The second-order valence-electron chi connectivity index (χ2n) is 2.17. The van der Waals surface area contributed by atoms with Crippen LogP contribution in [0.1, 0.15) is 22.3 Å². The van der Waals surface area contributed by atoms with Crippen molar-refractivity contribution in [3.05, 3.63) is 28.0 Å². The van der Waals surface area contributed by atoms with Crippen LogP contribution in [0.25, 0.3) is 0 Å². The molecule has 0 fully saturated rings. The minimum atomic E-state index is -2.75. The van der Waals surface area contributed by atoms with Crippen molar-refractivity contribution in [2.24, 2.45) is 0 Å². The van der Waals surface area contributed by atoms with Crippen molar-refractivity contribution in [1.82, 2.24) is 4.98 Å². The third kappa shape index (κ3) is 2.45. The molecule has 0 spiro atoms. The van der Waals surface area contributed by atoms with Gasteiger partial charge in [-0.15, -0.1) is 0 Å². The highest BCUT2D eigenvalue weighted by Crippen LogP contribution is 2.25. The molecule has 0 aromatic carbocycles. The second-order valence-corrected chi connectivity index (χ2v) is 3.32. The summed E-state index contributed by atoms with van der Waals surface area (Å²) in [6.45, 7) is 0. The average molecular weight is 270 g/mol. The lowest BCUT2D eigenvalue weighted by Crippen LogP contribution is -1.99. The van der Waals surface area contributed by atoms with Crippen LogP contribution in [-0.4, -0.2) is 10.2 Å². The summed E-state index contributed by atoms with van der Waals surface area (Å²) in [5.41, 5.74) is -0.679. The zero-order valence-corrected chi connectivity index (χ0v) is 8.44. The summed E-state index contributed by atoms with van der Waals surface area (Å²) in [6, 6.07) is 1.16. The number of hydrogen-bond acceptors (Lipinski definition) is 2. The normalized spacial score (nSPS) is 10.5. The molecule has 0 aliphatic rings. The average Bonchev–Trinajstić information content (AvgIpc) is 2.03. The lowest BCUT2D eigenvalue weighted by Gasteiger charge is -2.03. The second kappa shape index (κ2) is 4.11. The molecule has 13 heavy (non-hydrogen) atoms. The first kappa shape index (κ1) is 10.5. The molecule has 0 saturated carbocycles. The first-order chi connectivity index (χ1) is 6.02. The molecule has 2 nitrogen and oxygen atoms in total.